The van der Waals surface area contributed by atoms with Crippen LogP contribution in [0.1, 0.15) is 56.0 Å². The zero-order valence-corrected chi connectivity index (χ0v) is 14.2. The lowest BCUT2D eigenvalue weighted by molar-refractivity contribution is 0.567. The third kappa shape index (κ3) is 2.09. The van der Waals surface area contributed by atoms with E-state index in [4.69, 9.17) is 4.98 Å². The molecule has 0 radical (unpaired) electrons. The fourth-order valence-corrected chi connectivity index (χ4v) is 5.06. The first-order chi connectivity index (χ1) is 10.7. The van der Waals surface area contributed by atoms with Gasteiger partial charge in [0.25, 0.3) is 5.56 Å². The quantitative estimate of drug-likeness (QED) is 0.850. The summed E-state index contributed by atoms with van der Waals surface area (Å²) in [5.74, 6) is 0.892. The van der Waals surface area contributed by atoms with E-state index in [0.717, 1.165) is 42.1 Å². The van der Waals surface area contributed by atoms with E-state index < -0.39 is 0 Å². The summed E-state index contributed by atoms with van der Waals surface area (Å²) in [6.45, 7) is 6.23. The highest BCUT2D eigenvalue weighted by Crippen LogP contribution is 2.35. The molecule has 0 aromatic carbocycles. The van der Waals surface area contributed by atoms with Crippen molar-refractivity contribution in [2.75, 3.05) is 18.0 Å². The van der Waals surface area contributed by atoms with Crippen molar-refractivity contribution < 1.29 is 0 Å². The lowest BCUT2D eigenvalue weighted by atomic mass is 9.97. The smallest absolute Gasteiger partial charge is 0.264 e. The maximum atomic E-state index is 13.2. The van der Waals surface area contributed by atoms with Crippen molar-refractivity contribution in [2.24, 2.45) is 0 Å². The third-order valence-electron chi connectivity index (χ3n) is 4.91. The standard InChI is InChI=1S/C17H23N3OS/c1-11(2)20-16(21)14-12-7-3-4-8-13(12)22-15(14)18-17(20)19-9-5-6-10-19/h11H,3-10H2,1-2H3. The summed E-state index contributed by atoms with van der Waals surface area (Å²) in [6.07, 6.45) is 7.02. The van der Waals surface area contributed by atoms with E-state index in [0.29, 0.717) is 0 Å². The summed E-state index contributed by atoms with van der Waals surface area (Å²) < 4.78 is 1.93. The van der Waals surface area contributed by atoms with Gasteiger partial charge in [-0.3, -0.25) is 9.36 Å². The highest BCUT2D eigenvalue weighted by atomic mass is 32.1. The number of hydrogen-bond acceptors (Lipinski definition) is 4. The summed E-state index contributed by atoms with van der Waals surface area (Å²) in [5.41, 5.74) is 1.48. The minimum Gasteiger partial charge on any atom is -0.342 e. The molecule has 3 heterocycles. The second-order valence-electron chi connectivity index (χ2n) is 6.77. The molecular weight excluding hydrogens is 294 g/mol. The Bertz CT molecular complexity index is 768. The molecule has 22 heavy (non-hydrogen) atoms. The molecule has 4 rings (SSSR count). The van der Waals surface area contributed by atoms with Crippen molar-refractivity contribution in [2.45, 2.75) is 58.4 Å². The van der Waals surface area contributed by atoms with Crippen molar-refractivity contribution in [1.29, 1.82) is 0 Å². The maximum absolute atomic E-state index is 13.2. The molecule has 1 fully saturated rings. The van der Waals surface area contributed by atoms with E-state index in [1.807, 2.05) is 4.57 Å². The molecule has 0 bridgehead atoms. The number of anilines is 1. The average molecular weight is 317 g/mol. The minimum atomic E-state index is 0.152. The van der Waals surface area contributed by atoms with Gasteiger partial charge in [-0.25, -0.2) is 4.98 Å². The lowest BCUT2D eigenvalue weighted by Crippen LogP contribution is -2.32. The van der Waals surface area contributed by atoms with Gasteiger partial charge in [0.15, 0.2) is 0 Å². The molecule has 1 aliphatic carbocycles. The van der Waals surface area contributed by atoms with Crippen LogP contribution in [0.25, 0.3) is 10.2 Å². The van der Waals surface area contributed by atoms with Crippen molar-refractivity contribution in [3.05, 3.63) is 20.8 Å². The number of aromatic nitrogens is 2. The molecule has 2 aromatic rings. The molecule has 0 amide bonds. The number of thiophene rings is 1. The van der Waals surface area contributed by atoms with Crippen molar-refractivity contribution in [3.63, 3.8) is 0 Å². The van der Waals surface area contributed by atoms with Crippen LogP contribution in [0.15, 0.2) is 4.79 Å². The normalized spacial score (nSPS) is 18.4. The number of rotatable bonds is 2. The number of hydrogen-bond donors (Lipinski definition) is 0. The Morgan fingerprint density at radius 3 is 2.55 bits per heavy atom. The van der Waals surface area contributed by atoms with Crippen LogP contribution in [0.5, 0.6) is 0 Å². The van der Waals surface area contributed by atoms with Crippen molar-refractivity contribution >= 4 is 27.5 Å². The van der Waals surface area contributed by atoms with Crippen LogP contribution in [0.4, 0.5) is 5.95 Å². The molecule has 1 saturated heterocycles. The molecule has 0 saturated carbocycles. The monoisotopic (exact) mass is 317 g/mol. The molecule has 1 aliphatic heterocycles. The van der Waals surface area contributed by atoms with Crippen molar-refractivity contribution in [3.8, 4) is 0 Å². The molecule has 2 aliphatic rings. The Kier molecular flexibility index (Phi) is 3.48. The van der Waals surface area contributed by atoms with E-state index >= 15 is 0 Å². The number of aryl methyl sites for hydroxylation is 2. The van der Waals surface area contributed by atoms with E-state index in [1.54, 1.807) is 11.3 Å². The zero-order valence-electron chi connectivity index (χ0n) is 13.4. The Hall–Kier alpha value is -1.36. The largest absolute Gasteiger partial charge is 0.342 e. The highest BCUT2D eigenvalue weighted by molar-refractivity contribution is 7.18. The van der Waals surface area contributed by atoms with E-state index in [9.17, 15) is 4.79 Å². The van der Waals surface area contributed by atoms with E-state index in [-0.39, 0.29) is 11.6 Å². The second kappa shape index (κ2) is 5.37. The van der Waals surface area contributed by atoms with Gasteiger partial charge < -0.3 is 4.90 Å². The first kappa shape index (κ1) is 14.2. The number of nitrogens with zero attached hydrogens (tertiary/aromatic N) is 3. The molecule has 5 heteroatoms. The van der Waals surface area contributed by atoms with Gasteiger partial charge in [0.05, 0.1) is 5.39 Å². The van der Waals surface area contributed by atoms with Gasteiger partial charge in [0.2, 0.25) is 5.95 Å². The minimum absolute atomic E-state index is 0.152. The van der Waals surface area contributed by atoms with Gasteiger partial charge in [-0.15, -0.1) is 11.3 Å². The van der Waals surface area contributed by atoms with Gasteiger partial charge in [-0.05, 0) is 57.9 Å². The zero-order chi connectivity index (χ0) is 15.3. The van der Waals surface area contributed by atoms with Crippen LogP contribution in [-0.4, -0.2) is 22.6 Å². The van der Waals surface area contributed by atoms with Crippen LogP contribution >= 0.6 is 11.3 Å². The highest BCUT2D eigenvalue weighted by Gasteiger charge is 2.25. The van der Waals surface area contributed by atoms with Crippen LogP contribution in [0, 0.1) is 0 Å². The van der Waals surface area contributed by atoms with Crippen LogP contribution in [0.2, 0.25) is 0 Å². The van der Waals surface area contributed by atoms with Gasteiger partial charge >= 0.3 is 0 Å². The average Bonchev–Trinajstić information content (AvgIpc) is 3.13. The summed E-state index contributed by atoms with van der Waals surface area (Å²) in [4.78, 5) is 22.8. The van der Waals surface area contributed by atoms with Gasteiger partial charge in [-0.1, -0.05) is 0 Å². The summed E-state index contributed by atoms with van der Waals surface area (Å²) in [5, 5.41) is 0.913. The summed E-state index contributed by atoms with van der Waals surface area (Å²) in [7, 11) is 0. The van der Waals surface area contributed by atoms with Crippen LogP contribution < -0.4 is 10.5 Å². The number of fused-ring (bicyclic) bond motifs is 3. The van der Waals surface area contributed by atoms with Crippen LogP contribution in [0.3, 0.4) is 0 Å². The molecule has 0 spiro atoms. The fraction of sp³-hybridized carbons (Fsp3) is 0.647. The SMILES string of the molecule is CC(C)n1c(N2CCCC2)nc2sc3c(c2c1=O)CCCC3. The predicted octanol–water partition coefficient (Wildman–Crippen LogP) is 3.52. The second-order valence-corrected chi connectivity index (χ2v) is 7.85. The predicted molar refractivity (Wildman–Crippen MR) is 92.4 cm³/mol. The summed E-state index contributed by atoms with van der Waals surface area (Å²) in [6, 6.07) is 0.152. The Morgan fingerprint density at radius 2 is 1.82 bits per heavy atom. The molecule has 0 N–H and O–H groups in total. The van der Waals surface area contributed by atoms with Gasteiger partial charge in [0, 0.05) is 24.0 Å². The van der Waals surface area contributed by atoms with E-state index in [1.165, 1.54) is 36.1 Å². The van der Waals surface area contributed by atoms with Gasteiger partial charge in [0.1, 0.15) is 4.83 Å². The molecule has 0 unspecified atom stereocenters. The molecule has 2 aromatic heterocycles. The Labute approximate surface area is 134 Å². The Morgan fingerprint density at radius 1 is 1.09 bits per heavy atom. The fourth-order valence-electron chi connectivity index (χ4n) is 3.81. The Balaban J connectivity index is 2.00. The van der Waals surface area contributed by atoms with Crippen molar-refractivity contribution in [1.82, 2.24) is 9.55 Å². The van der Waals surface area contributed by atoms with E-state index in [2.05, 4.69) is 18.7 Å². The lowest BCUT2D eigenvalue weighted by Gasteiger charge is -2.23. The first-order valence-electron chi connectivity index (χ1n) is 8.48. The third-order valence-corrected chi connectivity index (χ3v) is 6.09. The van der Waals surface area contributed by atoms with Gasteiger partial charge in [-0.2, -0.15) is 0 Å². The summed E-state index contributed by atoms with van der Waals surface area (Å²) >= 11 is 1.76. The molecular formula is C17H23N3OS. The maximum Gasteiger partial charge on any atom is 0.264 e. The molecule has 0 atom stereocenters. The molecule has 4 nitrogen and oxygen atoms in total. The topological polar surface area (TPSA) is 38.1 Å². The first-order valence-corrected chi connectivity index (χ1v) is 9.30. The molecule has 118 valence electrons. The van der Waals surface area contributed by atoms with Crippen LogP contribution in [-0.2, 0) is 12.8 Å².